The maximum Gasteiger partial charge on any atom is 0.130 e. The Morgan fingerprint density at radius 3 is 2.57 bits per heavy atom. The molecule has 0 heterocycles. The predicted octanol–water partition coefficient (Wildman–Crippen LogP) is 2.45. The van der Waals surface area contributed by atoms with E-state index in [2.05, 4.69) is 6.07 Å². The monoisotopic (exact) mass is 187 g/mol. The lowest BCUT2D eigenvalue weighted by molar-refractivity contribution is -0.112. The Morgan fingerprint density at radius 2 is 2.07 bits per heavy atom. The van der Waals surface area contributed by atoms with Gasteiger partial charge in [-0.25, -0.2) is 0 Å². The average Bonchev–Trinajstić information content (AvgIpc) is 2.27. The lowest BCUT2D eigenvalue weighted by Crippen LogP contribution is -2.23. The molecule has 0 aliphatic rings. The van der Waals surface area contributed by atoms with Crippen LogP contribution in [0.4, 0.5) is 0 Å². The van der Waals surface area contributed by atoms with Gasteiger partial charge in [-0.3, -0.25) is 0 Å². The largest absolute Gasteiger partial charge is 0.302 e. The zero-order chi connectivity index (χ0) is 10.4. The van der Waals surface area contributed by atoms with E-state index in [0.29, 0.717) is 12.8 Å². The van der Waals surface area contributed by atoms with Gasteiger partial charge in [-0.05, 0) is 18.9 Å². The van der Waals surface area contributed by atoms with Gasteiger partial charge in [0.25, 0.3) is 0 Å². The molecule has 2 heteroatoms. The number of hydrogen-bond donors (Lipinski definition) is 0. The summed E-state index contributed by atoms with van der Waals surface area (Å²) >= 11 is 0. The van der Waals surface area contributed by atoms with Crippen molar-refractivity contribution in [3.05, 3.63) is 35.9 Å². The summed E-state index contributed by atoms with van der Waals surface area (Å²) in [5, 5.41) is 8.51. The van der Waals surface area contributed by atoms with Crippen molar-refractivity contribution in [3.63, 3.8) is 0 Å². The molecule has 0 bridgehead atoms. The summed E-state index contributed by atoms with van der Waals surface area (Å²) in [7, 11) is 0. The number of carbonyl (C=O) groups excluding carboxylic acids is 1. The fraction of sp³-hybridized carbons (Fsp3) is 0.333. The van der Waals surface area contributed by atoms with Crippen LogP contribution in [0.5, 0.6) is 0 Å². The highest BCUT2D eigenvalue weighted by molar-refractivity contribution is 5.67. The molecule has 72 valence electrons. The lowest BCUT2D eigenvalue weighted by atomic mass is 9.80. The molecule has 0 spiro atoms. The summed E-state index contributed by atoms with van der Waals surface area (Å²) < 4.78 is 0. The first-order valence-corrected chi connectivity index (χ1v) is 4.62. The van der Waals surface area contributed by atoms with Crippen LogP contribution in [0, 0.1) is 11.3 Å². The molecule has 1 rings (SSSR count). The van der Waals surface area contributed by atoms with E-state index in [1.165, 1.54) is 0 Å². The van der Waals surface area contributed by atoms with Crippen LogP contribution in [0.2, 0.25) is 0 Å². The van der Waals surface area contributed by atoms with Crippen molar-refractivity contribution in [3.8, 4) is 6.07 Å². The zero-order valence-electron chi connectivity index (χ0n) is 8.23. The van der Waals surface area contributed by atoms with Crippen molar-refractivity contribution >= 4 is 6.29 Å². The maximum atomic E-state index is 11.0. The molecule has 14 heavy (non-hydrogen) atoms. The summed E-state index contributed by atoms with van der Waals surface area (Å²) in [5.41, 5.74) is 0.460. The molecule has 0 fully saturated rings. The van der Waals surface area contributed by atoms with Crippen LogP contribution in [0.3, 0.4) is 0 Å². The van der Waals surface area contributed by atoms with E-state index in [4.69, 9.17) is 5.26 Å². The third-order valence-electron chi connectivity index (χ3n) is 2.45. The van der Waals surface area contributed by atoms with Crippen LogP contribution in [-0.4, -0.2) is 6.29 Å². The normalized spacial score (nSPS) is 14.0. The number of nitrogens with zero attached hydrogens (tertiary/aromatic N) is 1. The maximum absolute atomic E-state index is 11.0. The molecule has 0 radical (unpaired) electrons. The molecule has 2 nitrogen and oxygen atoms in total. The van der Waals surface area contributed by atoms with Crippen molar-refractivity contribution in [2.75, 3.05) is 0 Å². The summed E-state index contributed by atoms with van der Waals surface area (Å²) in [4.78, 5) is 11.0. The molecule has 0 amide bonds. The van der Waals surface area contributed by atoms with Gasteiger partial charge in [0.1, 0.15) is 6.29 Å². The van der Waals surface area contributed by atoms with Gasteiger partial charge >= 0.3 is 0 Å². The summed E-state index contributed by atoms with van der Waals surface area (Å²) in [6.45, 7) is 1.87. The van der Waals surface area contributed by atoms with Crippen LogP contribution < -0.4 is 0 Å². The lowest BCUT2D eigenvalue weighted by Gasteiger charge is -2.21. The highest BCUT2D eigenvalue weighted by Crippen LogP contribution is 2.26. The molecule has 0 N–H and O–H groups in total. The van der Waals surface area contributed by atoms with Gasteiger partial charge in [0.05, 0.1) is 6.07 Å². The van der Waals surface area contributed by atoms with E-state index in [0.717, 1.165) is 11.8 Å². The van der Waals surface area contributed by atoms with Gasteiger partial charge in [-0.15, -0.1) is 0 Å². The number of aldehydes is 1. The highest BCUT2D eigenvalue weighted by atomic mass is 16.1. The standard InChI is InChI=1S/C12H13NO/c1-12(10-14,8-5-9-13)11-6-3-2-4-7-11/h2-4,6-7,10H,5,8H2,1H3/t12-/m1/s1. The molecule has 1 aromatic rings. The Bertz CT molecular complexity index is 339. The first kappa shape index (κ1) is 10.5. The first-order valence-electron chi connectivity index (χ1n) is 4.62. The van der Waals surface area contributed by atoms with Crippen LogP contribution >= 0.6 is 0 Å². The predicted molar refractivity (Wildman–Crippen MR) is 54.7 cm³/mol. The SMILES string of the molecule is C[C@](C=O)(CCC#N)c1ccccc1. The minimum Gasteiger partial charge on any atom is -0.302 e. The molecule has 0 saturated heterocycles. The minimum absolute atomic E-state index is 0.407. The quantitative estimate of drug-likeness (QED) is 0.679. The highest BCUT2D eigenvalue weighted by Gasteiger charge is 2.24. The van der Waals surface area contributed by atoms with E-state index in [1.807, 2.05) is 37.3 Å². The number of benzene rings is 1. The Balaban J connectivity index is 2.91. The number of nitriles is 1. The topological polar surface area (TPSA) is 40.9 Å². The van der Waals surface area contributed by atoms with Crippen LogP contribution in [0.15, 0.2) is 30.3 Å². The number of rotatable bonds is 4. The third-order valence-corrected chi connectivity index (χ3v) is 2.45. The Kier molecular flexibility index (Phi) is 3.41. The molecule has 0 unspecified atom stereocenters. The fourth-order valence-electron chi connectivity index (χ4n) is 1.41. The molecular weight excluding hydrogens is 174 g/mol. The van der Waals surface area contributed by atoms with Gasteiger partial charge in [0.2, 0.25) is 0 Å². The molecule has 0 aliphatic carbocycles. The fourth-order valence-corrected chi connectivity index (χ4v) is 1.41. The summed E-state index contributed by atoms with van der Waals surface area (Å²) in [5.74, 6) is 0. The third kappa shape index (κ3) is 2.20. The van der Waals surface area contributed by atoms with Gasteiger partial charge in [0, 0.05) is 11.8 Å². The number of carbonyl (C=O) groups is 1. The first-order chi connectivity index (χ1) is 6.73. The van der Waals surface area contributed by atoms with E-state index in [-0.39, 0.29) is 0 Å². The van der Waals surface area contributed by atoms with E-state index < -0.39 is 5.41 Å². The van der Waals surface area contributed by atoms with Crippen molar-refractivity contribution in [1.82, 2.24) is 0 Å². The van der Waals surface area contributed by atoms with Crippen LogP contribution in [0.1, 0.15) is 25.3 Å². The van der Waals surface area contributed by atoms with Crippen molar-refractivity contribution < 1.29 is 4.79 Å². The smallest absolute Gasteiger partial charge is 0.130 e. The molecule has 0 saturated carbocycles. The summed E-state index contributed by atoms with van der Waals surface area (Å²) in [6, 6.07) is 11.6. The second-order valence-electron chi connectivity index (χ2n) is 3.56. The van der Waals surface area contributed by atoms with E-state index >= 15 is 0 Å². The Labute approximate surface area is 84.2 Å². The molecule has 0 aliphatic heterocycles. The van der Waals surface area contributed by atoms with Gasteiger partial charge in [-0.2, -0.15) is 5.26 Å². The Hall–Kier alpha value is -1.62. The minimum atomic E-state index is -0.517. The second-order valence-corrected chi connectivity index (χ2v) is 3.56. The Morgan fingerprint density at radius 1 is 1.43 bits per heavy atom. The van der Waals surface area contributed by atoms with E-state index in [9.17, 15) is 4.79 Å². The summed E-state index contributed by atoms with van der Waals surface area (Å²) in [6.07, 6.45) is 1.92. The van der Waals surface area contributed by atoms with Crippen LogP contribution in [-0.2, 0) is 10.2 Å². The number of hydrogen-bond acceptors (Lipinski definition) is 2. The van der Waals surface area contributed by atoms with Crippen molar-refractivity contribution in [1.29, 1.82) is 5.26 Å². The average molecular weight is 187 g/mol. The van der Waals surface area contributed by atoms with Gasteiger partial charge in [-0.1, -0.05) is 30.3 Å². The zero-order valence-corrected chi connectivity index (χ0v) is 8.23. The second kappa shape index (κ2) is 4.57. The van der Waals surface area contributed by atoms with Gasteiger partial charge < -0.3 is 4.79 Å². The van der Waals surface area contributed by atoms with E-state index in [1.54, 1.807) is 0 Å². The molecular formula is C12H13NO. The van der Waals surface area contributed by atoms with Crippen LogP contribution in [0.25, 0.3) is 0 Å². The van der Waals surface area contributed by atoms with Gasteiger partial charge in [0.15, 0.2) is 0 Å². The van der Waals surface area contributed by atoms with Crippen molar-refractivity contribution in [2.45, 2.75) is 25.2 Å². The molecule has 0 aromatic heterocycles. The molecule has 1 aromatic carbocycles. The molecule has 1 atom stereocenters. The van der Waals surface area contributed by atoms with Crippen molar-refractivity contribution in [2.24, 2.45) is 0 Å².